The zero-order valence-corrected chi connectivity index (χ0v) is 11.3. The van der Waals surface area contributed by atoms with E-state index in [1.54, 1.807) is 4.75 Å². The predicted octanol–water partition coefficient (Wildman–Crippen LogP) is -2.26. The van der Waals surface area contributed by atoms with Crippen LogP contribution in [0.25, 0.3) is 0 Å². The maximum atomic E-state index is 7.88. The first-order valence-electron chi connectivity index (χ1n) is 0.333. The van der Waals surface area contributed by atoms with Gasteiger partial charge in [0.1, 0.15) is 0 Å². The number of hydrogen-bond acceptors (Lipinski definition) is 2. The summed E-state index contributed by atoms with van der Waals surface area (Å²) in [4.78, 5) is 7.88. The normalized spacial score (nSPS) is 2.00. The van der Waals surface area contributed by atoms with Gasteiger partial charge < -0.3 is 0 Å². The van der Waals surface area contributed by atoms with Crippen LogP contribution in [0.3, 0.4) is 0 Å². The van der Waals surface area contributed by atoms with Gasteiger partial charge in [-0.05, 0) is 0 Å². The molecule has 0 N–H and O–H groups in total. The summed E-state index contributed by atoms with van der Waals surface area (Å²) in [6, 6.07) is 0. The summed E-state index contributed by atoms with van der Waals surface area (Å²) in [5.74, 6) is 0. The summed E-state index contributed by atoms with van der Waals surface area (Å²) in [6.07, 6.45) is 0. The van der Waals surface area contributed by atoms with Crippen LogP contribution >= 0.6 is 0 Å². The number of rotatable bonds is 0. The summed E-state index contributed by atoms with van der Waals surface area (Å²) in [5, 5.41) is 7.88. The Hall–Kier alpha value is 1.80. The second kappa shape index (κ2) is 29.2. The Balaban J connectivity index is -0.00000000667. The van der Waals surface area contributed by atoms with E-state index < -0.39 is 0 Å². The monoisotopic (exact) mass is 408 g/mol. The molecule has 0 aromatic carbocycles. The molecule has 0 saturated heterocycles. The van der Waals surface area contributed by atoms with E-state index in [0.717, 1.165) is 0 Å². The van der Waals surface area contributed by atoms with Crippen LogP contribution in [0.4, 0.5) is 0 Å². The molecular formula is O3Sn3. The van der Waals surface area contributed by atoms with Gasteiger partial charge in [0.05, 0.1) is 0 Å². The van der Waals surface area contributed by atoms with Crippen LogP contribution in [0.2, 0.25) is 0 Å². The molecule has 3 nitrogen and oxygen atoms in total. The van der Waals surface area contributed by atoms with Crippen LogP contribution in [0.5, 0.6) is 0 Å². The van der Waals surface area contributed by atoms with Gasteiger partial charge in [0.2, 0.25) is 0 Å². The molecule has 30 valence electrons. The summed E-state index contributed by atoms with van der Waals surface area (Å²) >= 11 is 0. The molecule has 0 unspecified atom stereocenters. The summed E-state index contributed by atoms with van der Waals surface area (Å²) < 4.78 is 1.75. The van der Waals surface area contributed by atoms with Crippen molar-refractivity contribution in [1.29, 1.82) is 0 Å². The van der Waals surface area contributed by atoms with Gasteiger partial charge in [-0.1, -0.05) is 10.2 Å². The molecule has 0 aliphatic heterocycles. The predicted molar refractivity (Wildman–Crippen MR) is 24.0 cm³/mol. The smallest absolute Gasteiger partial charge is 0.0772 e. The molecule has 0 aromatic heterocycles. The van der Waals surface area contributed by atoms with E-state index in [2.05, 4.69) is 0 Å². The van der Waals surface area contributed by atoms with Gasteiger partial charge in [-0.25, -0.2) is 0 Å². The van der Waals surface area contributed by atoms with Crippen LogP contribution in [0.1, 0.15) is 0 Å². The topological polar surface area (TPSA) is 51.4 Å². The van der Waals surface area contributed by atoms with Crippen molar-refractivity contribution in [3.05, 3.63) is 9.71 Å². The second-order valence-corrected chi connectivity index (χ2v) is 0.0680. The molecule has 0 rings (SSSR count). The standard InChI is InChI=1S/O3.3Sn/c1-3-2;;;. The third-order valence-electron chi connectivity index (χ3n) is 0. The molecule has 6 heteroatoms. The molecule has 0 heterocycles. The molecule has 0 fully saturated rings. The van der Waals surface area contributed by atoms with Gasteiger partial charge in [-0.2, -0.15) is 0 Å². The van der Waals surface area contributed by atoms with Crippen molar-refractivity contribution >= 4 is 71.7 Å². The van der Waals surface area contributed by atoms with Crippen LogP contribution in [-0.2, 0) is 0 Å². The van der Waals surface area contributed by atoms with Crippen molar-refractivity contribution in [1.82, 2.24) is 0 Å². The minimum Gasteiger partial charge on any atom is -0.0772 e. The third kappa shape index (κ3) is 41.3. The Kier molecular flexibility index (Phi) is 122. The minimum absolute atomic E-state index is 0. The van der Waals surface area contributed by atoms with Crippen molar-refractivity contribution in [2.24, 2.45) is 0 Å². The Morgan fingerprint density at radius 3 is 1.17 bits per heavy atom. The second-order valence-electron chi connectivity index (χ2n) is 0.0680. The van der Waals surface area contributed by atoms with Gasteiger partial charge in [-0.15, -0.1) is 0 Å². The van der Waals surface area contributed by atoms with E-state index in [9.17, 15) is 0 Å². The van der Waals surface area contributed by atoms with Crippen LogP contribution in [0.15, 0.2) is 0 Å². The zero-order chi connectivity index (χ0) is 2.71. The SMILES string of the molecule is O=[O+][O-].[Sn].[Sn].[Sn]. The first-order valence-corrected chi connectivity index (χ1v) is 0.333. The van der Waals surface area contributed by atoms with Crippen LogP contribution < -0.4 is 5.26 Å². The third-order valence-corrected chi connectivity index (χ3v) is 0. The summed E-state index contributed by atoms with van der Waals surface area (Å²) in [7, 11) is 0. The Morgan fingerprint density at radius 1 is 1.17 bits per heavy atom. The molecule has 6 heavy (non-hydrogen) atoms. The fraction of sp³-hybridized carbons (Fsp3) is 0. The van der Waals surface area contributed by atoms with E-state index in [4.69, 9.17) is 10.2 Å². The fourth-order valence-corrected chi connectivity index (χ4v) is 0. The van der Waals surface area contributed by atoms with Crippen molar-refractivity contribution in [2.75, 3.05) is 0 Å². The van der Waals surface area contributed by atoms with Crippen molar-refractivity contribution in [3.8, 4) is 0 Å². The molecule has 0 atom stereocenters. The Morgan fingerprint density at radius 2 is 1.17 bits per heavy atom. The molecule has 0 saturated carbocycles. The van der Waals surface area contributed by atoms with Gasteiger partial charge in [0, 0.05) is 71.7 Å². The molecule has 0 aliphatic rings. The van der Waals surface area contributed by atoms with E-state index in [-0.39, 0.29) is 71.7 Å². The van der Waals surface area contributed by atoms with Gasteiger partial charge >= 0.3 is 0 Å². The maximum Gasteiger partial charge on any atom is 0.154 e. The quantitative estimate of drug-likeness (QED) is 0.198. The van der Waals surface area contributed by atoms with Crippen LogP contribution in [-0.4, -0.2) is 71.7 Å². The van der Waals surface area contributed by atoms with Crippen molar-refractivity contribution in [3.63, 3.8) is 0 Å². The summed E-state index contributed by atoms with van der Waals surface area (Å²) in [6.45, 7) is 0. The van der Waals surface area contributed by atoms with E-state index in [1.807, 2.05) is 0 Å². The van der Waals surface area contributed by atoms with Gasteiger partial charge in [0.15, 0.2) is 4.75 Å². The number of hydrogen-bond donors (Lipinski definition) is 0. The molecular weight excluding hydrogens is 404 g/mol. The van der Waals surface area contributed by atoms with E-state index in [1.165, 1.54) is 0 Å². The molecule has 0 bridgehead atoms. The Labute approximate surface area is 85.6 Å². The van der Waals surface area contributed by atoms with Gasteiger partial charge in [-0.3, -0.25) is 0 Å². The molecule has 0 spiro atoms. The van der Waals surface area contributed by atoms with E-state index >= 15 is 0 Å². The van der Waals surface area contributed by atoms with Crippen molar-refractivity contribution < 1.29 is 5.26 Å². The Bertz CT molecular complexity index is 13.5. The molecule has 0 aliphatic carbocycles. The summed E-state index contributed by atoms with van der Waals surface area (Å²) in [5.41, 5.74) is 0. The zero-order valence-electron chi connectivity index (χ0n) is 2.72. The first-order chi connectivity index (χ1) is 1.41. The largest absolute Gasteiger partial charge is 0.154 e. The maximum absolute atomic E-state index is 7.88. The van der Waals surface area contributed by atoms with Gasteiger partial charge in [0.25, 0.3) is 0 Å². The fourth-order valence-electron chi connectivity index (χ4n) is 0. The molecule has 0 amide bonds. The average Bonchev–Trinajstić information content (AvgIpc) is 0.918. The first kappa shape index (κ1) is 25.0. The minimum atomic E-state index is 0. The van der Waals surface area contributed by atoms with Crippen LogP contribution in [0, 0.1) is 9.71 Å². The van der Waals surface area contributed by atoms with Crippen molar-refractivity contribution in [2.45, 2.75) is 0 Å². The average molecular weight is 404 g/mol. The molecule has 0 aromatic rings. The van der Waals surface area contributed by atoms with E-state index in [0.29, 0.717) is 0 Å². The molecule has 12 radical (unpaired) electrons.